The van der Waals surface area contributed by atoms with Crippen LogP contribution in [0.15, 0.2) is 18.2 Å². The average molecular weight is 261 g/mol. The predicted molar refractivity (Wildman–Crippen MR) is 73.5 cm³/mol. The number of nitrogen functional groups attached to an aromatic ring is 1. The highest BCUT2D eigenvalue weighted by molar-refractivity contribution is 5.65. The molecule has 1 atom stereocenters. The Balaban J connectivity index is 2.31. The fourth-order valence-electron chi connectivity index (χ4n) is 1.98. The molecule has 0 radical (unpaired) electrons. The third kappa shape index (κ3) is 3.08. The van der Waals surface area contributed by atoms with Crippen molar-refractivity contribution in [3.8, 4) is 11.4 Å². The average Bonchev–Trinajstić information content (AvgIpc) is 2.80. The molecule has 19 heavy (non-hydrogen) atoms. The molecule has 2 N–H and O–H groups in total. The maximum absolute atomic E-state index is 5.83. The third-order valence-electron chi connectivity index (χ3n) is 2.92. The van der Waals surface area contributed by atoms with E-state index in [1.54, 1.807) is 4.68 Å². The lowest BCUT2D eigenvalue weighted by molar-refractivity contribution is 0.0614. The maximum atomic E-state index is 5.83. The normalized spacial score (nSPS) is 12.6. The zero-order valence-corrected chi connectivity index (χ0v) is 11.5. The molecule has 0 bridgehead atoms. The van der Waals surface area contributed by atoms with E-state index >= 15 is 0 Å². The second kappa shape index (κ2) is 5.79. The van der Waals surface area contributed by atoms with Gasteiger partial charge >= 0.3 is 0 Å². The summed E-state index contributed by atoms with van der Waals surface area (Å²) in [5.41, 5.74) is 8.58. The molecular formula is C13H19N5O. The molecule has 1 aromatic heterocycles. The highest BCUT2D eigenvalue weighted by Gasteiger charge is 2.14. The van der Waals surface area contributed by atoms with E-state index in [9.17, 15) is 0 Å². The van der Waals surface area contributed by atoms with E-state index in [1.165, 1.54) is 0 Å². The Kier molecular flexibility index (Phi) is 4.11. The van der Waals surface area contributed by atoms with Crippen molar-refractivity contribution < 1.29 is 4.74 Å². The maximum Gasteiger partial charge on any atom is 0.182 e. The molecule has 0 saturated heterocycles. The largest absolute Gasteiger partial charge is 0.399 e. The van der Waals surface area contributed by atoms with Gasteiger partial charge in [-0.15, -0.1) is 5.10 Å². The van der Waals surface area contributed by atoms with E-state index < -0.39 is 0 Å². The van der Waals surface area contributed by atoms with Gasteiger partial charge in [-0.05, 0) is 48.9 Å². The molecule has 102 valence electrons. The molecule has 0 fully saturated rings. The summed E-state index contributed by atoms with van der Waals surface area (Å²) in [6, 6.07) is 5.73. The molecule has 0 spiro atoms. The summed E-state index contributed by atoms with van der Waals surface area (Å²) in [6.07, 6.45) is 0.0635. The van der Waals surface area contributed by atoms with E-state index in [-0.39, 0.29) is 6.10 Å². The Labute approximate surface area is 112 Å². The van der Waals surface area contributed by atoms with E-state index in [0.717, 1.165) is 17.0 Å². The zero-order valence-electron chi connectivity index (χ0n) is 11.5. The first kappa shape index (κ1) is 13.5. The Morgan fingerprint density at radius 1 is 1.42 bits per heavy atom. The van der Waals surface area contributed by atoms with Crippen LogP contribution in [-0.2, 0) is 11.3 Å². The highest BCUT2D eigenvalue weighted by atomic mass is 16.5. The second-order valence-electron chi connectivity index (χ2n) is 4.52. The van der Waals surface area contributed by atoms with Crippen LogP contribution in [0.25, 0.3) is 11.4 Å². The molecule has 0 amide bonds. The smallest absolute Gasteiger partial charge is 0.182 e. The van der Waals surface area contributed by atoms with Crippen LogP contribution in [0.2, 0.25) is 0 Å². The van der Waals surface area contributed by atoms with Gasteiger partial charge in [0.05, 0.1) is 12.6 Å². The van der Waals surface area contributed by atoms with Crippen LogP contribution in [0.5, 0.6) is 0 Å². The summed E-state index contributed by atoms with van der Waals surface area (Å²) in [7, 11) is 0. The number of anilines is 1. The molecular weight excluding hydrogens is 242 g/mol. The van der Waals surface area contributed by atoms with Gasteiger partial charge in [0.2, 0.25) is 0 Å². The van der Waals surface area contributed by atoms with Crippen LogP contribution in [0.1, 0.15) is 19.4 Å². The summed E-state index contributed by atoms with van der Waals surface area (Å²) in [6.45, 7) is 7.28. The van der Waals surface area contributed by atoms with E-state index in [2.05, 4.69) is 15.5 Å². The zero-order chi connectivity index (χ0) is 13.8. The van der Waals surface area contributed by atoms with Crippen molar-refractivity contribution in [1.29, 1.82) is 0 Å². The number of hydrogen-bond donors (Lipinski definition) is 1. The molecule has 6 heteroatoms. The van der Waals surface area contributed by atoms with Gasteiger partial charge in [-0.1, -0.05) is 6.07 Å². The van der Waals surface area contributed by atoms with Crippen LogP contribution < -0.4 is 5.73 Å². The molecule has 1 unspecified atom stereocenters. The van der Waals surface area contributed by atoms with Gasteiger partial charge in [-0.25, -0.2) is 4.68 Å². The summed E-state index contributed by atoms with van der Waals surface area (Å²) < 4.78 is 7.27. The number of hydrogen-bond acceptors (Lipinski definition) is 5. The van der Waals surface area contributed by atoms with Crippen molar-refractivity contribution >= 4 is 5.69 Å². The Morgan fingerprint density at radius 2 is 2.21 bits per heavy atom. The van der Waals surface area contributed by atoms with Crippen molar-refractivity contribution in [2.45, 2.75) is 33.4 Å². The first-order valence-corrected chi connectivity index (χ1v) is 6.36. The van der Waals surface area contributed by atoms with Crippen LogP contribution in [-0.4, -0.2) is 32.9 Å². The van der Waals surface area contributed by atoms with Crippen LogP contribution in [0.4, 0.5) is 5.69 Å². The summed E-state index contributed by atoms with van der Waals surface area (Å²) in [4.78, 5) is 0. The Morgan fingerprint density at radius 3 is 2.95 bits per heavy atom. The number of tetrazole rings is 1. The minimum Gasteiger partial charge on any atom is -0.399 e. The van der Waals surface area contributed by atoms with Crippen molar-refractivity contribution in [1.82, 2.24) is 20.2 Å². The number of ether oxygens (including phenoxy) is 1. The molecule has 6 nitrogen and oxygen atoms in total. The fourth-order valence-corrected chi connectivity index (χ4v) is 1.98. The lowest BCUT2D eigenvalue weighted by Crippen LogP contribution is -2.18. The van der Waals surface area contributed by atoms with E-state index in [0.29, 0.717) is 18.8 Å². The molecule has 0 aliphatic heterocycles. The number of nitrogens with two attached hydrogens (primary N) is 1. The number of aromatic nitrogens is 4. The van der Waals surface area contributed by atoms with Gasteiger partial charge in [-0.3, -0.25) is 0 Å². The first-order valence-electron chi connectivity index (χ1n) is 6.36. The summed E-state index contributed by atoms with van der Waals surface area (Å²) in [5.74, 6) is 0.719. The molecule has 2 rings (SSSR count). The van der Waals surface area contributed by atoms with Crippen LogP contribution in [0, 0.1) is 6.92 Å². The number of rotatable bonds is 5. The predicted octanol–water partition coefficient (Wildman–Crippen LogP) is 1.66. The minimum absolute atomic E-state index is 0.0635. The molecule has 1 heterocycles. The molecule has 0 aliphatic carbocycles. The lowest BCUT2D eigenvalue weighted by atomic mass is 10.1. The standard InChI is InChI=1S/C13H19N5O/c1-4-19-10(3)8-18-13(15-16-17-18)12-7-11(14)6-5-9(12)2/h5-7,10H,4,8,14H2,1-3H3. The van der Waals surface area contributed by atoms with Gasteiger partial charge < -0.3 is 10.5 Å². The highest BCUT2D eigenvalue weighted by Crippen LogP contribution is 2.23. The Hall–Kier alpha value is -1.95. The van der Waals surface area contributed by atoms with Gasteiger partial charge in [0, 0.05) is 17.9 Å². The second-order valence-corrected chi connectivity index (χ2v) is 4.52. The SMILES string of the molecule is CCOC(C)Cn1nnnc1-c1cc(N)ccc1C. The van der Waals surface area contributed by atoms with Crippen molar-refractivity contribution in [2.24, 2.45) is 0 Å². The topological polar surface area (TPSA) is 78.8 Å². The van der Waals surface area contributed by atoms with Gasteiger partial charge in [0.1, 0.15) is 0 Å². The Bertz CT molecular complexity index is 552. The third-order valence-corrected chi connectivity index (χ3v) is 2.92. The van der Waals surface area contributed by atoms with E-state index in [4.69, 9.17) is 10.5 Å². The van der Waals surface area contributed by atoms with Crippen LogP contribution in [0.3, 0.4) is 0 Å². The summed E-state index contributed by atoms with van der Waals surface area (Å²) in [5, 5.41) is 11.9. The van der Waals surface area contributed by atoms with Gasteiger partial charge in [0.15, 0.2) is 5.82 Å². The van der Waals surface area contributed by atoms with Gasteiger partial charge in [-0.2, -0.15) is 0 Å². The summed E-state index contributed by atoms with van der Waals surface area (Å²) >= 11 is 0. The number of nitrogens with zero attached hydrogens (tertiary/aromatic N) is 4. The minimum atomic E-state index is 0.0635. The van der Waals surface area contributed by atoms with Crippen molar-refractivity contribution in [3.05, 3.63) is 23.8 Å². The lowest BCUT2D eigenvalue weighted by Gasteiger charge is -2.13. The van der Waals surface area contributed by atoms with Gasteiger partial charge in [0.25, 0.3) is 0 Å². The van der Waals surface area contributed by atoms with Crippen LogP contribution >= 0.6 is 0 Å². The quantitative estimate of drug-likeness (QED) is 0.828. The molecule has 2 aromatic rings. The van der Waals surface area contributed by atoms with Crippen molar-refractivity contribution in [3.63, 3.8) is 0 Å². The number of aryl methyl sites for hydroxylation is 1. The fraction of sp³-hybridized carbons (Fsp3) is 0.462. The number of benzene rings is 1. The first-order chi connectivity index (χ1) is 9.11. The van der Waals surface area contributed by atoms with Crippen molar-refractivity contribution in [2.75, 3.05) is 12.3 Å². The monoisotopic (exact) mass is 261 g/mol. The molecule has 1 aromatic carbocycles. The molecule has 0 saturated carbocycles. The molecule has 0 aliphatic rings. The van der Waals surface area contributed by atoms with E-state index in [1.807, 2.05) is 39.0 Å².